The van der Waals surface area contributed by atoms with Gasteiger partial charge in [-0.05, 0) is 38.5 Å². The molecule has 1 aliphatic rings. The molecule has 0 saturated heterocycles. The highest BCUT2D eigenvalue weighted by Crippen LogP contribution is 2.31. The van der Waals surface area contributed by atoms with Crippen molar-refractivity contribution >= 4 is 27.9 Å². The van der Waals surface area contributed by atoms with Gasteiger partial charge in [0.1, 0.15) is 11.7 Å². The predicted molar refractivity (Wildman–Crippen MR) is 126 cm³/mol. The second-order valence-electron chi connectivity index (χ2n) is 9.49. The molecule has 0 radical (unpaired) electrons. The van der Waals surface area contributed by atoms with Crippen LogP contribution >= 0.6 is 0 Å². The van der Waals surface area contributed by atoms with E-state index in [-0.39, 0.29) is 12.1 Å². The van der Waals surface area contributed by atoms with Crippen LogP contribution < -0.4 is 10.1 Å². The lowest BCUT2D eigenvalue weighted by molar-refractivity contribution is 0.0345. The summed E-state index contributed by atoms with van der Waals surface area (Å²) in [7, 11) is 2.06. The number of aromatic nitrogens is 4. The summed E-state index contributed by atoms with van der Waals surface area (Å²) in [4.78, 5) is 24.9. The summed E-state index contributed by atoms with van der Waals surface area (Å²) in [5.74, 6) is 0. The zero-order valence-corrected chi connectivity index (χ0v) is 19.2. The number of nitrogens with one attached hydrogen (secondary N) is 1. The summed E-state index contributed by atoms with van der Waals surface area (Å²) >= 11 is 0. The Balaban J connectivity index is 1.23. The van der Waals surface area contributed by atoms with Crippen molar-refractivity contribution in [3.8, 4) is 17.1 Å². The van der Waals surface area contributed by atoms with Gasteiger partial charge in [0.15, 0.2) is 0 Å². The van der Waals surface area contributed by atoms with E-state index in [2.05, 4.69) is 50.1 Å². The Hall–Kier alpha value is -3.68. The normalized spacial score (nSPS) is 18.2. The van der Waals surface area contributed by atoms with Crippen molar-refractivity contribution in [3.63, 3.8) is 0 Å². The Labute approximate surface area is 192 Å². The molecule has 1 amide bonds. The summed E-state index contributed by atoms with van der Waals surface area (Å²) in [5.41, 5.74) is 3.74. The monoisotopic (exact) mass is 445 g/mol. The maximum Gasteiger partial charge on any atom is 0.407 e. The first-order valence-electron chi connectivity index (χ1n) is 11.1. The van der Waals surface area contributed by atoms with Crippen LogP contribution in [0.1, 0.15) is 33.6 Å². The van der Waals surface area contributed by atoms with Gasteiger partial charge in [-0.2, -0.15) is 0 Å². The number of carbonyl (C=O) groups is 1. The third kappa shape index (κ3) is 4.33. The van der Waals surface area contributed by atoms with E-state index in [0.29, 0.717) is 18.9 Å². The molecule has 0 spiro atoms. The molecule has 0 aliphatic heterocycles. The average Bonchev–Trinajstić information content (AvgIpc) is 3.03. The molecular weight excluding hydrogens is 418 g/mol. The molecule has 8 heteroatoms. The number of hydrogen-bond donors (Lipinski definition) is 1. The highest BCUT2D eigenvalue weighted by Gasteiger charge is 2.33. The van der Waals surface area contributed by atoms with Crippen LogP contribution in [0.15, 0.2) is 49.1 Å². The summed E-state index contributed by atoms with van der Waals surface area (Å²) in [5, 5.41) is 5.17. The Kier molecular flexibility index (Phi) is 5.15. The van der Waals surface area contributed by atoms with E-state index < -0.39 is 11.7 Å². The van der Waals surface area contributed by atoms with Crippen LogP contribution in [0.5, 0.6) is 6.01 Å². The molecule has 3 heterocycles. The number of ether oxygens (including phenoxy) is 2. The van der Waals surface area contributed by atoms with E-state index in [9.17, 15) is 4.79 Å². The van der Waals surface area contributed by atoms with Crippen LogP contribution in [0, 0.1) is 0 Å². The fraction of sp³-hybridized carbons (Fsp3) is 0.360. The van der Waals surface area contributed by atoms with Gasteiger partial charge in [0.05, 0.1) is 5.52 Å². The van der Waals surface area contributed by atoms with Crippen molar-refractivity contribution < 1.29 is 14.3 Å². The van der Waals surface area contributed by atoms with Crippen LogP contribution in [0.4, 0.5) is 4.79 Å². The van der Waals surface area contributed by atoms with E-state index in [1.165, 1.54) is 5.39 Å². The van der Waals surface area contributed by atoms with Crippen LogP contribution in [0.2, 0.25) is 0 Å². The van der Waals surface area contributed by atoms with Crippen LogP contribution in [0.3, 0.4) is 0 Å². The lowest BCUT2D eigenvalue weighted by Gasteiger charge is -2.35. The number of fused-ring (bicyclic) bond motifs is 3. The maximum absolute atomic E-state index is 11.8. The van der Waals surface area contributed by atoms with Crippen molar-refractivity contribution in [3.05, 3.63) is 49.1 Å². The van der Waals surface area contributed by atoms with Crippen molar-refractivity contribution in [2.75, 3.05) is 0 Å². The number of rotatable bonds is 4. The van der Waals surface area contributed by atoms with E-state index in [1.807, 2.05) is 39.2 Å². The van der Waals surface area contributed by atoms with Gasteiger partial charge in [-0.15, -0.1) is 0 Å². The van der Waals surface area contributed by atoms with Crippen LogP contribution in [-0.2, 0) is 11.8 Å². The summed E-state index contributed by atoms with van der Waals surface area (Å²) in [6.07, 6.45) is 8.27. The molecule has 1 aromatic carbocycles. The largest absolute Gasteiger partial charge is 0.460 e. The predicted octanol–water partition coefficient (Wildman–Crippen LogP) is 4.62. The second-order valence-corrected chi connectivity index (χ2v) is 9.49. The van der Waals surface area contributed by atoms with Gasteiger partial charge >= 0.3 is 12.1 Å². The number of pyridine rings is 1. The topological polar surface area (TPSA) is 91.2 Å². The lowest BCUT2D eigenvalue weighted by Crippen LogP contribution is -2.50. The standard InChI is InChI=1S/C25H27N5O3/c1-25(2,3)33-24(31)29-17-10-18(11-17)32-23-27-12-16(13-28-23)15-5-6-19-20-14-26-8-7-21(20)30(4)22(19)9-15/h5-9,12-14,17-18H,10-11H2,1-4H3,(H,29,31)/t17-,18-. The second kappa shape index (κ2) is 8.03. The third-order valence-corrected chi connectivity index (χ3v) is 5.86. The maximum atomic E-state index is 11.8. The molecule has 1 fully saturated rings. The van der Waals surface area contributed by atoms with E-state index in [1.54, 1.807) is 12.4 Å². The number of aryl methyl sites for hydroxylation is 1. The number of carbonyl (C=O) groups excluding carboxylic acids is 1. The van der Waals surface area contributed by atoms with E-state index >= 15 is 0 Å². The van der Waals surface area contributed by atoms with Gasteiger partial charge in [0, 0.05) is 72.6 Å². The summed E-state index contributed by atoms with van der Waals surface area (Å²) < 4.78 is 13.3. The molecule has 0 unspecified atom stereocenters. The Morgan fingerprint density at radius 2 is 1.79 bits per heavy atom. The molecule has 0 atom stereocenters. The fourth-order valence-electron chi connectivity index (χ4n) is 4.16. The number of hydrogen-bond acceptors (Lipinski definition) is 6. The van der Waals surface area contributed by atoms with Crippen LogP contribution in [-0.4, -0.2) is 43.4 Å². The molecule has 3 aromatic heterocycles. The summed E-state index contributed by atoms with van der Waals surface area (Å²) in [6, 6.07) is 8.76. The number of nitrogens with zero attached hydrogens (tertiary/aromatic N) is 4. The van der Waals surface area contributed by atoms with Crippen molar-refractivity contribution in [1.82, 2.24) is 24.8 Å². The molecule has 1 N–H and O–H groups in total. The molecule has 5 rings (SSSR count). The third-order valence-electron chi connectivity index (χ3n) is 5.86. The van der Waals surface area contributed by atoms with Gasteiger partial charge in [-0.25, -0.2) is 14.8 Å². The molecule has 0 bridgehead atoms. The molecule has 33 heavy (non-hydrogen) atoms. The van der Waals surface area contributed by atoms with Crippen molar-refractivity contribution in [2.24, 2.45) is 7.05 Å². The molecule has 1 aliphatic carbocycles. The minimum atomic E-state index is -0.505. The zero-order valence-electron chi connectivity index (χ0n) is 19.2. The van der Waals surface area contributed by atoms with E-state index in [4.69, 9.17) is 9.47 Å². The van der Waals surface area contributed by atoms with Gasteiger partial charge in [0.2, 0.25) is 0 Å². The minimum Gasteiger partial charge on any atom is -0.460 e. The summed E-state index contributed by atoms with van der Waals surface area (Å²) in [6.45, 7) is 5.53. The average molecular weight is 446 g/mol. The highest BCUT2D eigenvalue weighted by atomic mass is 16.6. The quantitative estimate of drug-likeness (QED) is 0.493. The zero-order chi connectivity index (χ0) is 23.2. The van der Waals surface area contributed by atoms with Gasteiger partial charge in [-0.3, -0.25) is 4.98 Å². The Morgan fingerprint density at radius 3 is 2.52 bits per heavy atom. The lowest BCUT2D eigenvalue weighted by atomic mass is 9.89. The molecule has 4 aromatic rings. The fourth-order valence-corrected chi connectivity index (χ4v) is 4.16. The minimum absolute atomic E-state index is 0.0171. The van der Waals surface area contributed by atoms with Gasteiger partial charge in [-0.1, -0.05) is 12.1 Å². The Morgan fingerprint density at radius 1 is 1.03 bits per heavy atom. The first kappa shape index (κ1) is 21.2. The number of amides is 1. The van der Waals surface area contributed by atoms with Crippen molar-refractivity contribution in [1.29, 1.82) is 0 Å². The first-order valence-corrected chi connectivity index (χ1v) is 11.1. The van der Waals surface area contributed by atoms with Gasteiger partial charge < -0.3 is 19.4 Å². The van der Waals surface area contributed by atoms with Crippen LogP contribution in [0.25, 0.3) is 32.9 Å². The van der Waals surface area contributed by atoms with Gasteiger partial charge in [0.25, 0.3) is 0 Å². The smallest absolute Gasteiger partial charge is 0.407 e. The highest BCUT2D eigenvalue weighted by molar-refractivity contribution is 6.08. The SMILES string of the molecule is Cn1c2ccncc2c2ccc(-c3cnc(O[C@H]4C[C@H](NC(=O)OC(C)(C)C)C4)nc3)cc21. The number of alkyl carbamates (subject to hydrolysis) is 1. The molecule has 170 valence electrons. The Bertz CT molecular complexity index is 1320. The molecule has 8 nitrogen and oxygen atoms in total. The first-order chi connectivity index (χ1) is 15.8. The van der Waals surface area contributed by atoms with E-state index in [0.717, 1.165) is 27.5 Å². The molecule has 1 saturated carbocycles. The van der Waals surface area contributed by atoms with Crippen molar-refractivity contribution in [2.45, 2.75) is 51.4 Å². The number of benzene rings is 1. The molecular formula is C25H27N5O3.